The fourth-order valence-corrected chi connectivity index (χ4v) is 3.32. The third-order valence-electron chi connectivity index (χ3n) is 5.06. The number of nitrogens with zero attached hydrogens (tertiary/aromatic N) is 2. The van der Waals surface area contributed by atoms with E-state index in [0.29, 0.717) is 23.5 Å². The molecule has 0 aliphatic heterocycles. The molecule has 5 rings (SSSR count). The predicted octanol–water partition coefficient (Wildman–Crippen LogP) is 4.16. The summed E-state index contributed by atoms with van der Waals surface area (Å²) < 4.78 is 0. The van der Waals surface area contributed by atoms with Gasteiger partial charge in [-0.25, -0.2) is 9.78 Å². The molecule has 1 saturated carbocycles. The molecule has 0 saturated heterocycles. The van der Waals surface area contributed by atoms with Gasteiger partial charge in [-0.1, -0.05) is 6.07 Å². The van der Waals surface area contributed by atoms with Gasteiger partial charge in [0, 0.05) is 28.7 Å². The second-order valence-corrected chi connectivity index (χ2v) is 7.39. The third-order valence-corrected chi connectivity index (χ3v) is 5.06. The van der Waals surface area contributed by atoms with Crippen LogP contribution in [0.2, 0.25) is 0 Å². The summed E-state index contributed by atoms with van der Waals surface area (Å²) >= 11 is 0. The van der Waals surface area contributed by atoms with Crippen molar-refractivity contribution in [3.05, 3.63) is 59.9 Å². The van der Waals surface area contributed by atoms with Gasteiger partial charge in [0.1, 0.15) is 0 Å². The van der Waals surface area contributed by atoms with E-state index >= 15 is 0 Å². The van der Waals surface area contributed by atoms with Crippen LogP contribution in [0.5, 0.6) is 0 Å². The predicted molar refractivity (Wildman–Crippen MR) is 108 cm³/mol. The molecule has 0 radical (unpaired) electrons. The Kier molecular flexibility index (Phi) is 4.06. The smallest absolute Gasteiger partial charge is 0.356 e. The number of benzene rings is 2. The molecule has 0 amide bonds. The number of hydroxylamine groups is 1. The van der Waals surface area contributed by atoms with E-state index in [1.54, 1.807) is 24.4 Å². The monoisotopic (exact) mass is 372 g/mol. The first-order valence-electron chi connectivity index (χ1n) is 9.46. The van der Waals surface area contributed by atoms with Crippen molar-refractivity contribution in [2.24, 2.45) is 5.92 Å². The SMILES string of the molecule is Cc1cc2cc(-c3cnc4ccc(C(=O)ONCC5CC5)cc4n3)ccc2[nH]1. The molecule has 6 nitrogen and oxygen atoms in total. The molecule has 4 aromatic rings. The first kappa shape index (κ1) is 16.9. The number of H-pyrrole nitrogens is 1. The molecule has 6 heteroatoms. The molecule has 0 spiro atoms. The molecule has 2 N–H and O–H groups in total. The number of aryl methyl sites for hydroxylation is 1. The lowest BCUT2D eigenvalue weighted by Gasteiger charge is -2.07. The minimum Gasteiger partial charge on any atom is -0.367 e. The highest BCUT2D eigenvalue weighted by Crippen LogP contribution is 2.27. The van der Waals surface area contributed by atoms with Gasteiger partial charge in [-0.05, 0) is 62.1 Å². The fourth-order valence-electron chi connectivity index (χ4n) is 3.32. The van der Waals surface area contributed by atoms with E-state index < -0.39 is 5.97 Å². The molecule has 1 aliphatic rings. The number of carbonyl (C=O) groups excluding carboxylic acids is 1. The van der Waals surface area contributed by atoms with Gasteiger partial charge in [0.15, 0.2) is 0 Å². The Balaban J connectivity index is 1.43. The minimum absolute atomic E-state index is 0.404. The van der Waals surface area contributed by atoms with Crippen LogP contribution in [0.3, 0.4) is 0 Å². The fraction of sp³-hybridized carbons (Fsp3) is 0.227. The van der Waals surface area contributed by atoms with Gasteiger partial charge in [0.2, 0.25) is 0 Å². The molecule has 2 aromatic heterocycles. The average Bonchev–Trinajstić information content (AvgIpc) is 3.45. The zero-order chi connectivity index (χ0) is 19.1. The van der Waals surface area contributed by atoms with Crippen molar-refractivity contribution in [3.63, 3.8) is 0 Å². The van der Waals surface area contributed by atoms with Crippen molar-refractivity contribution >= 4 is 27.9 Å². The molecule has 140 valence electrons. The Bertz CT molecular complexity index is 1190. The second kappa shape index (κ2) is 6.73. The number of aromatic amines is 1. The maximum Gasteiger partial charge on any atom is 0.356 e. The van der Waals surface area contributed by atoms with E-state index in [9.17, 15) is 4.79 Å². The van der Waals surface area contributed by atoms with Crippen LogP contribution < -0.4 is 5.48 Å². The number of nitrogens with one attached hydrogen (secondary N) is 2. The maximum atomic E-state index is 12.3. The lowest BCUT2D eigenvalue weighted by molar-refractivity contribution is 0.0245. The Hall–Kier alpha value is -3.25. The lowest BCUT2D eigenvalue weighted by atomic mass is 10.1. The van der Waals surface area contributed by atoms with Crippen LogP contribution in [-0.4, -0.2) is 27.5 Å². The summed E-state index contributed by atoms with van der Waals surface area (Å²) in [6.07, 6.45) is 4.16. The van der Waals surface area contributed by atoms with Crippen LogP contribution in [0.25, 0.3) is 33.2 Å². The molecule has 0 atom stereocenters. The number of rotatable bonds is 5. The highest BCUT2D eigenvalue weighted by Gasteiger charge is 2.21. The normalized spacial score (nSPS) is 13.9. The van der Waals surface area contributed by atoms with Crippen LogP contribution >= 0.6 is 0 Å². The van der Waals surface area contributed by atoms with Crippen molar-refractivity contribution in [1.29, 1.82) is 0 Å². The lowest BCUT2D eigenvalue weighted by Crippen LogP contribution is -2.22. The summed E-state index contributed by atoms with van der Waals surface area (Å²) in [5.41, 5.74) is 8.60. The van der Waals surface area contributed by atoms with Crippen LogP contribution in [0, 0.1) is 12.8 Å². The van der Waals surface area contributed by atoms with E-state index in [2.05, 4.69) is 27.6 Å². The molecule has 0 bridgehead atoms. The summed E-state index contributed by atoms with van der Waals surface area (Å²) in [4.78, 5) is 29.9. The first-order valence-corrected chi connectivity index (χ1v) is 9.46. The van der Waals surface area contributed by atoms with Crippen molar-refractivity contribution < 1.29 is 9.63 Å². The number of fused-ring (bicyclic) bond motifs is 2. The van der Waals surface area contributed by atoms with Crippen molar-refractivity contribution in [2.75, 3.05) is 6.54 Å². The van der Waals surface area contributed by atoms with Gasteiger partial charge in [-0.15, -0.1) is 0 Å². The van der Waals surface area contributed by atoms with Crippen molar-refractivity contribution in [1.82, 2.24) is 20.4 Å². The first-order chi connectivity index (χ1) is 13.7. The van der Waals surface area contributed by atoms with Crippen molar-refractivity contribution in [3.8, 4) is 11.3 Å². The molecular weight excluding hydrogens is 352 g/mol. The Morgan fingerprint density at radius 1 is 1.18 bits per heavy atom. The van der Waals surface area contributed by atoms with Crippen molar-refractivity contribution in [2.45, 2.75) is 19.8 Å². The summed E-state index contributed by atoms with van der Waals surface area (Å²) in [7, 11) is 0. The zero-order valence-electron chi connectivity index (χ0n) is 15.5. The Labute approximate surface area is 161 Å². The zero-order valence-corrected chi connectivity index (χ0v) is 15.5. The largest absolute Gasteiger partial charge is 0.367 e. The highest BCUT2D eigenvalue weighted by molar-refractivity contribution is 5.94. The molecule has 2 aromatic carbocycles. The molecule has 28 heavy (non-hydrogen) atoms. The van der Waals surface area contributed by atoms with Crippen LogP contribution in [0.15, 0.2) is 48.7 Å². The van der Waals surface area contributed by atoms with Gasteiger partial charge < -0.3 is 9.82 Å². The number of hydrogen-bond donors (Lipinski definition) is 2. The second-order valence-electron chi connectivity index (χ2n) is 7.39. The van der Waals surface area contributed by atoms with Gasteiger partial charge in [-0.2, -0.15) is 5.48 Å². The standard InChI is InChI=1S/C22H20N4O2/c1-13-8-17-9-15(4-6-18(17)25-13)21-12-23-19-7-5-16(10-20(19)26-21)22(27)28-24-11-14-2-3-14/h4-10,12,14,24-25H,2-3,11H2,1H3. The van der Waals surface area contributed by atoms with Crippen LogP contribution in [0.4, 0.5) is 0 Å². The van der Waals surface area contributed by atoms with Crippen LogP contribution in [-0.2, 0) is 4.84 Å². The number of aromatic nitrogens is 3. The van der Waals surface area contributed by atoms with E-state index in [1.165, 1.54) is 12.8 Å². The van der Waals surface area contributed by atoms with Gasteiger partial charge in [0.05, 0.1) is 28.5 Å². The molecule has 2 heterocycles. The van der Waals surface area contributed by atoms with E-state index in [4.69, 9.17) is 9.82 Å². The van der Waals surface area contributed by atoms with Gasteiger partial charge in [-0.3, -0.25) is 4.98 Å². The Morgan fingerprint density at radius 3 is 2.93 bits per heavy atom. The summed E-state index contributed by atoms with van der Waals surface area (Å²) in [5, 5.41) is 1.14. The molecule has 1 aliphatic carbocycles. The third kappa shape index (κ3) is 3.34. The van der Waals surface area contributed by atoms with E-state index in [-0.39, 0.29) is 0 Å². The van der Waals surface area contributed by atoms with E-state index in [1.807, 2.05) is 19.1 Å². The Morgan fingerprint density at radius 2 is 2.07 bits per heavy atom. The summed E-state index contributed by atoms with van der Waals surface area (Å²) in [5.74, 6) is 0.234. The topological polar surface area (TPSA) is 79.9 Å². The molecule has 0 unspecified atom stereocenters. The van der Waals surface area contributed by atoms with E-state index in [0.717, 1.165) is 33.4 Å². The summed E-state index contributed by atoms with van der Waals surface area (Å²) in [6.45, 7) is 2.75. The minimum atomic E-state index is -0.404. The number of hydrogen-bond acceptors (Lipinski definition) is 5. The summed E-state index contributed by atoms with van der Waals surface area (Å²) in [6, 6.07) is 13.5. The van der Waals surface area contributed by atoms with Gasteiger partial charge in [0.25, 0.3) is 0 Å². The number of carbonyl (C=O) groups is 1. The maximum absolute atomic E-state index is 12.3. The molecule has 1 fully saturated rings. The van der Waals surface area contributed by atoms with Gasteiger partial charge >= 0.3 is 5.97 Å². The highest BCUT2D eigenvalue weighted by atomic mass is 16.7. The van der Waals surface area contributed by atoms with Crippen LogP contribution in [0.1, 0.15) is 28.9 Å². The molecular formula is C22H20N4O2. The average molecular weight is 372 g/mol. The quantitative estimate of drug-likeness (QED) is 0.514.